The van der Waals surface area contributed by atoms with Gasteiger partial charge in [-0.1, -0.05) is 19.9 Å². The van der Waals surface area contributed by atoms with Crippen LogP contribution in [0.2, 0.25) is 0 Å². The molecule has 4 N–H and O–H groups in total. The third-order valence-electron chi connectivity index (χ3n) is 7.88. The number of Topliss-reactive ketones (excluding diaryl/α,β-unsaturated/α-hetero) is 1. The highest BCUT2D eigenvalue weighted by Gasteiger charge is 2.71. The highest BCUT2D eigenvalue weighted by molar-refractivity contribution is 5.89. The fourth-order valence-electron chi connectivity index (χ4n) is 6.15. The van der Waals surface area contributed by atoms with E-state index in [2.05, 4.69) is 0 Å². The van der Waals surface area contributed by atoms with Crippen LogP contribution in [0, 0.1) is 22.7 Å². The molecule has 0 amide bonds. The van der Waals surface area contributed by atoms with E-state index in [0.29, 0.717) is 0 Å². The molecule has 176 valence electrons. The van der Waals surface area contributed by atoms with Gasteiger partial charge in [-0.2, -0.15) is 0 Å². The van der Waals surface area contributed by atoms with Gasteiger partial charge in [-0.3, -0.25) is 9.59 Å². The molecular weight excluding hydrogens is 404 g/mol. The van der Waals surface area contributed by atoms with E-state index in [9.17, 15) is 30.0 Å². The number of aliphatic hydroxyl groups is 4. The molecule has 3 unspecified atom stereocenters. The van der Waals surface area contributed by atoms with Gasteiger partial charge in [-0.05, 0) is 38.2 Å². The summed E-state index contributed by atoms with van der Waals surface area (Å²) >= 11 is 0. The standard InChI is InChI=1S/C23H36O8/c1-11-9-21(4,5)14(7-15(11)26)18(31-13(3)25)19-22(6,20(28)12(2)24)16(27)8-17-23(19,29)10-30-17/h9,12,14-19,24,26-27,29H,7-8,10H2,1-6H3/t12-,14?,15+,16+,17-,18?,19?,22-,23+/m1/s1. The van der Waals surface area contributed by atoms with Crippen LogP contribution >= 0.6 is 0 Å². The Labute approximate surface area is 183 Å². The molecule has 8 heteroatoms. The second-order valence-electron chi connectivity index (χ2n) is 10.5. The molecule has 0 aromatic rings. The molecule has 1 saturated carbocycles. The van der Waals surface area contributed by atoms with Crippen molar-refractivity contribution in [1.82, 2.24) is 0 Å². The van der Waals surface area contributed by atoms with Gasteiger partial charge < -0.3 is 29.9 Å². The van der Waals surface area contributed by atoms with Crippen molar-refractivity contribution in [2.45, 2.75) is 90.5 Å². The van der Waals surface area contributed by atoms with E-state index in [4.69, 9.17) is 9.47 Å². The summed E-state index contributed by atoms with van der Waals surface area (Å²) in [6.45, 7) is 9.77. The number of fused-ring (bicyclic) bond motifs is 1. The Morgan fingerprint density at radius 3 is 2.32 bits per heavy atom. The maximum atomic E-state index is 13.2. The molecule has 2 fully saturated rings. The minimum atomic E-state index is -1.58. The monoisotopic (exact) mass is 440 g/mol. The van der Waals surface area contributed by atoms with Crippen molar-refractivity contribution in [1.29, 1.82) is 0 Å². The smallest absolute Gasteiger partial charge is 0.302 e. The average Bonchev–Trinajstić information content (AvgIpc) is 2.64. The van der Waals surface area contributed by atoms with Crippen LogP contribution in [0.25, 0.3) is 0 Å². The number of hydrogen-bond acceptors (Lipinski definition) is 8. The molecule has 0 bridgehead atoms. The molecule has 0 aromatic carbocycles. The molecule has 8 nitrogen and oxygen atoms in total. The largest absolute Gasteiger partial charge is 0.462 e. The molecule has 1 aliphatic heterocycles. The highest BCUT2D eigenvalue weighted by atomic mass is 16.6. The Hall–Kier alpha value is -1.32. The molecule has 1 heterocycles. The van der Waals surface area contributed by atoms with Crippen LogP contribution in [0.15, 0.2) is 11.6 Å². The van der Waals surface area contributed by atoms with Crippen molar-refractivity contribution in [3.05, 3.63) is 11.6 Å². The van der Waals surface area contributed by atoms with Gasteiger partial charge in [0.25, 0.3) is 0 Å². The van der Waals surface area contributed by atoms with E-state index in [1.807, 2.05) is 26.8 Å². The first kappa shape index (κ1) is 24.3. The number of allylic oxidation sites excluding steroid dienone is 1. The van der Waals surface area contributed by atoms with Gasteiger partial charge in [-0.15, -0.1) is 0 Å². The van der Waals surface area contributed by atoms with Gasteiger partial charge in [0.2, 0.25) is 0 Å². The summed E-state index contributed by atoms with van der Waals surface area (Å²) in [6, 6.07) is 0. The molecule has 0 spiro atoms. The normalized spacial score (nSPS) is 43.7. The zero-order chi connectivity index (χ0) is 23.5. The summed E-state index contributed by atoms with van der Waals surface area (Å²) in [4.78, 5) is 25.4. The van der Waals surface area contributed by atoms with Crippen LogP contribution < -0.4 is 0 Å². The summed E-state index contributed by atoms with van der Waals surface area (Å²) in [5.41, 5.74) is -2.83. The Bertz CT molecular complexity index is 774. The Morgan fingerprint density at radius 1 is 1.23 bits per heavy atom. The second-order valence-corrected chi connectivity index (χ2v) is 10.5. The maximum absolute atomic E-state index is 13.2. The van der Waals surface area contributed by atoms with Crippen LogP contribution in [0.5, 0.6) is 0 Å². The summed E-state index contributed by atoms with van der Waals surface area (Å²) in [5, 5.41) is 43.4. The Morgan fingerprint density at radius 2 is 1.84 bits per heavy atom. The van der Waals surface area contributed by atoms with E-state index >= 15 is 0 Å². The zero-order valence-electron chi connectivity index (χ0n) is 19.2. The Kier molecular flexibility index (Phi) is 6.21. The minimum Gasteiger partial charge on any atom is -0.462 e. The van der Waals surface area contributed by atoms with Gasteiger partial charge in [0.1, 0.15) is 17.8 Å². The third kappa shape index (κ3) is 3.76. The van der Waals surface area contributed by atoms with Gasteiger partial charge in [-0.25, -0.2) is 0 Å². The lowest BCUT2D eigenvalue weighted by molar-refractivity contribution is -0.332. The number of aliphatic hydroxyl groups excluding tert-OH is 3. The molecule has 3 rings (SSSR count). The van der Waals surface area contributed by atoms with Crippen molar-refractivity contribution in [3.63, 3.8) is 0 Å². The van der Waals surface area contributed by atoms with E-state index in [1.54, 1.807) is 0 Å². The topological polar surface area (TPSA) is 134 Å². The summed E-state index contributed by atoms with van der Waals surface area (Å²) < 4.78 is 11.3. The summed E-state index contributed by atoms with van der Waals surface area (Å²) in [7, 11) is 0. The predicted molar refractivity (Wildman–Crippen MR) is 111 cm³/mol. The van der Waals surface area contributed by atoms with Crippen molar-refractivity contribution < 1.29 is 39.5 Å². The lowest BCUT2D eigenvalue weighted by atomic mass is 9.49. The molecule has 2 aliphatic carbocycles. The molecule has 3 aliphatic rings. The molecule has 31 heavy (non-hydrogen) atoms. The van der Waals surface area contributed by atoms with Gasteiger partial charge in [0, 0.05) is 25.2 Å². The fraction of sp³-hybridized carbons (Fsp3) is 0.826. The number of carbonyl (C=O) groups is 2. The average molecular weight is 441 g/mol. The first-order chi connectivity index (χ1) is 14.2. The van der Waals surface area contributed by atoms with Crippen molar-refractivity contribution in [2.75, 3.05) is 6.61 Å². The van der Waals surface area contributed by atoms with E-state index in [1.165, 1.54) is 20.8 Å². The first-order valence-electron chi connectivity index (χ1n) is 10.9. The summed E-state index contributed by atoms with van der Waals surface area (Å²) in [6.07, 6.45) is -2.84. The number of esters is 1. The number of rotatable bonds is 5. The SMILES string of the molecule is CC(=O)OC(C1C[C@H](O)C(C)=CC1(C)C)C1[C@]2(O)CO[C@@H]2C[C@H](O)[C@@]1(C)C(=O)[C@@H](C)O. The van der Waals surface area contributed by atoms with Crippen LogP contribution in [-0.4, -0.2) is 74.9 Å². The fourth-order valence-corrected chi connectivity index (χ4v) is 6.15. The van der Waals surface area contributed by atoms with Crippen molar-refractivity contribution in [3.8, 4) is 0 Å². The van der Waals surface area contributed by atoms with Gasteiger partial charge >= 0.3 is 5.97 Å². The molecule has 1 saturated heterocycles. The number of ketones is 1. The van der Waals surface area contributed by atoms with E-state index in [0.717, 1.165) is 5.57 Å². The third-order valence-corrected chi connectivity index (χ3v) is 7.88. The van der Waals surface area contributed by atoms with Crippen LogP contribution in [0.4, 0.5) is 0 Å². The highest BCUT2D eigenvalue weighted by Crippen LogP contribution is 2.58. The van der Waals surface area contributed by atoms with Gasteiger partial charge in [0.05, 0.1) is 30.3 Å². The van der Waals surface area contributed by atoms with Crippen molar-refractivity contribution >= 4 is 11.8 Å². The summed E-state index contributed by atoms with van der Waals surface area (Å²) in [5.74, 6) is -2.69. The number of hydrogen-bond donors (Lipinski definition) is 4. The molecular formula is C23H36O8. The van der Waals surface area contributed by atoms with Crippen LogP contribution in [0.3, 0.4) is 0 Å². The second kappa shape index (κ2) is 7.92. The quantitative estimate of drug-likeness (QED) is 0.363. The zero-order valence-corrected chi connectivity index (χ0v) is 19.2. The van der Waals surface area contributed by atoms with Gasteiger partial charge in [0.15, 0.2) is 5.78 Å². The predicted octanol–water partition coefficient (Wildman–Crippen LogP) is 0.738. The molecule has 0 aromatic heterocycles. The number of ether oxygens (including phenoxy) is 2. The van der Waals surface area contributed by atoms with Crippen LogP contribution in [-0.2, 0) is 19.1 Å². The number of carbonyl (C=O) groups excluding carboxylic acids is 2. The lowest BCUT2D eigenvalue weighted by Gasteiger charge is -2.63. The molecule has 0 radical (unpaired) electrons. The van der Waals surface area contributed by atoms with E-state index < -0.39 is 70.5 Å². The van der Waals surface area contributed by atoms with Crippen LogP contribution in [0.1, 0.15) is 54.4 Å². The first-order valence-corrected chi connectivity index (χ1v) is 10.9. The minimum absolute atomic E-state index is 0.0322. The molecule has 9 atom stereocenters. The van der Waals surface area contributed by atoms with Crippen molar-refractivity contribution in [2.24, 2.45) is 22.7 Å². The maximum Gasteiger partial charge on any atom is 0.302 e. The van der Waals surface area contributed by atoms with E-state index in [-0.39, 0.29) is 19.4 Å². The Balaban J connectivity index is 2.19. The lowest BCUT2D eigenvalue weighted by Crippen LogP contribution is -2.77.